The summed E-state index contributed by atoms with van der Waals surface area (Å²) in [6, 6.07) is 4.05. The lowest BCUT2D eigenvalue weighted by Gasteiger charge is -2.37. The smallest absolute Gasteiger partial charge is 0.220 e. The van der Waals surface area contributed by atoms with Crippen molar-refractivity contribution in [3.63, 3.8) is 0 Å². The normalized spacial score (nSPS) is 25.4. The van der Waals surface area contributed by atoms with E-state index in [9.17, 15) is 13.2 Å². The molecule has 1 amide bonds. The molecule has 1 aliphatic carbocycles. The van der Waals surface area contributed by atoms with Gasteiger partial charge in [0.05, 0.1) is 11.5 Å². The quantitative estimate of drug-likeness (QED) is 0.855. The van der Waals surface area contributed by atoms with Gasteiger partial charge in [-0.2, -0.15) is 0 Å². The molecule has 0 radical (unpaired) electrons. The summed E-state index contributed by atoms with van der Waals surface area (Å²) < 4.78 is 25.2. The van der Waals surface area contributed by atoms with Crippen LogP contribution in [0.15, 0.2) is 24.5 Å². The fraction of sp³-hybridized carbons (Fsp3) is 0.722. The van der Waals surface area contributed by atoms with Crippen LogP contribution < -0.4 is 5.32 Å². The van der Waals surface area contributed by atoms with E-state index >= 15 is 0 Å². The third kappa shape index (κ3) is 4.62. The van der Waals surface area contributed by atoms with Crippen molar-refractivity contribution in [1.82, 2.24) is 9.88 Å². The molecule has 6 heteroatoms. The van der Waals surface area contributed by atoms with Crippen LogP contribution in [0.2, 0.25) is 0 Å². The Morgan fingerprint density at radius 1 is 1.17 bits per heavy atom. The topological polar surface area (TPSA) is 68.2 Å². The first-order chi connectivity index (χ1) is 11.5. The Hall–Kier alpha value is -1.30. The van der Waals surface area contributed by atoms with E-state index in [1.165, 1.54) is 19.3 Å². The second-order valence-electron chi connectivity index (χ2n) is 7.67. The molecule has 1 aromatic rings. The van der Waals surface area contributed by atoms with Crippen molar-refractivity contribution in [3.8, 4) is 0 Å². The Balaban J connectivity index is 1.55. The van der Waals surface area contributed by atoms with Crippen molar-refractivity contribution in [3.05, 3.63) is 24.5 Å². The monoisotopic (exact) mass is 352 g/mol. The molecular weight excluding hydrogens is 324 g/mol. The van der Waals surface area contributed by atoms with Crippen LogP contribution in [0.1, 0.15) is 44.9 Å². The first-order valence-electron chi connectivity index (χ1n) is 9.04. The Bertz CT molecular complexity index is 646. The lowest BCUT2D eigenvalue weighted by atomic mass is 9.71. The fourth-order valence-corrected chi connectivity index (χ4v) is 6.11. The molecule has 2 heterocycles. The molecule has 0 unspecified atom stereocenters. The first kappa shape index (κ1) is 17.5. The molecule has 0 bridgehead atoms. The number of carbonyl (C=O) groups is 1. The van der Waals surface area contributed by atoms with Gasteiger partial charge in [0.25, 0.3) is 0 Å². The van der Waals surface area contributed by atoms with Crippen LogP contribution in [0.25, 0.3) is 0 Å². The predicted octanol–water partition coefficient (Wildman–Crippen LogP) is 2.38. The molecule has 24 heavy (non-hydrogen) atoms. The predicted molar refractivity (Wildman–Crippen MR) is 94.3 cm³/mol. The van der Waals surface area contributed by atoms with Crippen molar-refractivity contribution in [2.24, 2.45) is 11.3 Å². The number of aromatic nitrogens is 1. The molecule has 1 atom stereocenters. The van der Waals surface area contributed by atoms with Gasteiger partial charge in [0.2, 0.25) is 5.91 Å². The van der Waals surface area contributed by atoms with E-state index in [1.807, 2.05) is 12.1 Å². The molecular formula is C18H28N2O3S. The van der Waals surface area contributed by atoms with Gasteiger partial charge in [0.15, 0.2) is 9.84 Å². The van der Waals surface area contributed by atoms with Crippen molar-refractivity contribution < 1.29 is 13.2 Å². The molecule has 5 nitrogen and oxygen atoms in total. The number of hydrogen-bond donors (Lipinski definition) is 1. The highest BCUT2D eigenvalue weighted by Crippen LogP contribution is 2.40. The highest BCUT2D eigenvalue weighted by atomic mass is 32.2. The van der Waals surface area contributed by atoms with Gasteiger partial charge in [-0.25, -0.2) is 8.42 Å². The van der Waals surface area contributed by atoms with E-state index in [-0.39, 0.29) is 28.7 Å². The number of nitrogens with one attached hydrogen (secondary N) is 1. The number of nitrogens with zero attached hydrogens (tertiary/aromatic N) is 1. The average Bonchev–Trinajstić information content (AvgIpc) is 3.15. The summed E-state index contributed by atoms with van der Waals surface area (Å²) in [5.41, 5.74) is 0.0447. The highest BCUT2D eigenvalue weighted by Gasteiger charge is 2.35. The third-order valence-electron chi connectivity index (χ3n) is 5.55. The van der Waals surface area contributed by atoms with E-state index in [1.54, 1.807) is 0 Å². The second kappa shape index (κ2) is 7.30. The van der Waals surface area contributed by atoms with E-state index in [2.05, 4.69) is 22.3 Å². The van der Waals surface area contributed by atoms with Crippen molar-refractivity contribution >= 4 is 15.7 Å². The molecule has 1 saturated heterocycles. The van der Waals surface area contributed by atoms with Gasteiger partial charge in [-0.05, 0) is 42.7 Å². The standard InChI is InChI=1S/C18H28N2O3S/c21-17(19-13-16-6-11-24(22,23)14-16)12-18(7-2-1-3-8-18)15-20-9-4-5-10-20/h4-5,9-10,16H,1-3,6-8,11-15H2,(H,19,21)/t16-/m0/s1. The molecule has 2 aliphatic rings. The van der Waals surface area contributed by atoms with Gasteiger partial charge >= 0.3 is 0 Å². The minimum Gasteiger partial charge on any atom is -0.356 e. The fourth-order valence-electron chi connectivity index (χ4n) is 4.25. The number of rotatable bonds is 6. The Morgan fingerprint density at radius 2 is 1.88 bits per heavy atom. The summed E-state index contributed by atoms with van der Waals surface area (Å²) >= 11 is 0. The number of carbonyl (C=O) groups excluding carboxylic acids is 1. The van der Waals surface area contributed by atoms with Crippen LogP contribution in [0.5, 0.6) is 0 Å². The maximum atomic E-state index is 12.5. The zero-order valence-electron chi connectivity index (χ0n) is 14.2. The number of sulfone groups is 1. The molecule has 0 spiro atoms. The summed E-state index contributed by atoms with van der Waals surface area (Å²) in [4.78, 5) is 12.5. The van der Waals surface area contributed by atoms with Crippen LogP contribution >= 0.6 is 0 Å². The summed E-state index contributed by atoms with van der Waals surface area (Å²) in [7, 11) is -2.87. The molecule has 1 N–H and O–H groups in total. The van der Waals surface area contributed by atoms with Gasteiger partial charge in [-0.15, -0.1) is 0 Å². The Labute approximate surface area is 144 Å². The van der Waals surface area contributed by atoms with Crippen LogP contribution in [0.3, 0.4) is 0 Å². The zero-order chi connectivity index (χ0) is 17.0. The molecule has 2 fully saturated rings. The molecule has 3 rings (SSSR count). The SMILES string of the molecule is O=C(CC1(Cn2cccc2)CCCCC1)NC[C@@H]1CCS(=O)(=O)C1. The van der Waals surface area contributed by atoms with Crippen LogP contribution in [0.4, 0.5) is 0 Å². The van der Waals surface area contributed by atoms with Crippen molar-refractivity contribution in [2.75, 3.05) is 18.1 Å². The third-order valence-corrected chi connectivity index (χ3v) is 7.39. The lowest BCUT2D eigenvalue weighted by molar-refractivity contribution is -0.124. The maximum Gasteiger partial charge on any atom is 0.220 e. The lowest BCUT2D eigenvalue weighted by Crippen LogP contribution is -2.38. The van der Waals surface area contributed by atoms with Gasteiger partial charge in [-0.1, -0.05) is 19.3 Å². The minimum absolute atomic E-state index is 0.0447. The zero-order valence-corrected chi connectivity index (χ0v) is 15.1. The Morgan fingerprint density at radius 3 is 2.50 bits per heavy atom. The summed E-state index contributed by atoms with van der Waals surface area (Å²) in [5.74, 6) is 0.659. The molecule has 1 saturated carbocycles. The Kier molecular flexibility index (Phi) is 5.33. The van der Waals surface area contributed by atoms with E-state index in [0.29, 0.717) is 19.4 Å². The number of hydrogen-bond acceptors (Lipinski definition) is 3. The largest absolute Gasteiger partial charge is 0.356 e. The average molecular weight is 353 g/mol. The van der Waals surface area contributed by atoms with Crippen molar-refractivity contribution in [2.45, 2.75) is 51.5 Å². The second-order valence-corrected chi connectivity index (χ2v) is 9.89. The number of amides is 1. The summed E-state index contributed by atoms with van der Waals surface area (Å²) in [6.07, 6.45) is 11.2. The van der Waals surface area contributed by atoms with Gasteiger partial charge in [0, 0.05) is 31.9 Å². The summed E-state index contributed by atoms with van der Waals surface area (Å²) in [6.45, 7) is 1.39. The van der Waals surface area contributed by atoms with Crippen LogP contribution in [-0.2, 0) is 21.2 Å². The molecule has 1 aromatic heterocycles. The minimum atomic E-state index is -2.87. The van der Waals surface area contributed by atoms with Crippen molar-refractivity contribution in [1.29, 1.82) is 0 Å². The van der Waals surface area contributed by atoms with Crippen LogP contribution in [-0.4, -0.2) is 36.9 Å². The van der Waals surface area contributed by atoms with Gasteiger partial charge in [-0.3, -0.25) is 4.79 Å². The van der Waals surface area contributed by atoms with Gasteiger partial charge in [0.1, 0.15) is 0 Å². The van der Waals surface area contributed by atoms with Gasteiger partial charge < -0.3 is 9.88 Å². The van der Waals surface area contributed by atoms with E-state index in [0.717, 1.165) is 19.4 Å². The molecule has 1 aliphatic heterocycles. The highest BCUT2D eigenvalue weighted by molar-refractivity contribution is 7.91. The molecule has 134 valence electrons. The summed E-state index contributed by atoms with van der Waals surface area (Å²) in [5, 5.41) is 3.00. The van der Waals surface area contributed by atoms with E-state index in [4.69, 9.17) is 0 Å². The first-order valence-corrected chi connectivity index (χ1v) is 10.9. The molecule has 0 aromatic carbocycles. The maximum absolute atomic E-state index is 12.5. The van der Waals surface area contributed by atoms with Crippen LogP contribution in [0, 0.1) is 11.3 Å². The van der Waals surface area contributed by atoms with E-state index < -0.39 is 9.84 Å².